The number of hydrogen-bond donors (Lipinski definition) is 2. The summed E-state index contributed by atoms with van der Waals surface area (Å²) in [6.45, 7) is 0. The molecule has 0 unspecified atom stereocenters. The number of rotatable bonds is 3. The van der Waals surface area contributed by atoms with Gasteiger partial charge in [-0.05, 0) is 24.3 Å². The maximum absolute atomic E-state index is 12.5. The number of sulfonamides is 1. The number of hydrogen-bond acceptors (Lipinski definition) is 3. The SMILES string of the molecule is O=S(=O)(Nc1cccc2c(O)cccc12)c1ccccc1Cl. The minimum absolute atomic E-state index is 0.00817. The third kappa shape index (κ3) is 2.61. The molecular weight excluding hydrogens is 322 g/mol. The summed E-state index contributed by atoms with van der Waals surface area (Å²) in [7, 11) is -3.81. The van der Waals surface area contributed by atoms with Crippen molar-refractivity contribution in [3.8, 4) is 5.75 Å². The van der Waals surface area contributed by atoms with Crippen LogP contribution in [0.15, 0.2) is 65.6 Å². The van der Waals surface area contributed by atoms with E-state index in [1.165, 1.54) is 12.1 Å². The molecule has 3 rings (SSSR count). The Morgan fingerprint density at radius 1 is 0.864 bits per heavy atom. The molecule has 0 spiro atoms. The highest BCUT2D eigenvalue weighted by molar-refractivity contribution is 7.92. The molecule has 0 heterocycles. The van der Waals surface area contributed by atoms with E-state index in [9.17, 15) is 13.5 Å². The number of fused-ring (bicyclic) bond motifs is 1. The zero-order chi connectivity index (χ0) is 15.7. The number of halogens is 1. The van der Waals surface area contributed by atoms with Gasteiger partial charge in [0.15, 0.2) is 0 Å². The molecule has 0 saturated heterocycles. The summed E-state index contributed by atoms with van der Waals surface area (Å²) >= 11 is 5.96. The highest BCUT2D eigenvalue weighted by atomic mass is 35.5. The Hall–Kier alpha value is -2.24. The second kappa shape index (κ2) is 5.51. The first-order valence-corrected chi connectivity index (χ1v) is 8.33. The van der Waals surface area contributed by atoms with Crippen LogP contribution in [-0.4, -0.2) is 13.5 Å². The molecule has 112 valence electrons. The Labute approximate surface area is 133 Å². The molecule has 0 radical (unpaired) electrons. The Morgan fingerprint density at radius 3 is 2.32 bits per heavy atom. The first-order chi connectivity index (χ1) is 10.5. The number of aromatic hydroxyl groups is 1. The molecule has 3 aromatic rings. The molecular formula is C16H12ClNO3S. The Balaban J connectivity index is 2.11. The number of phenolic OH excluding ortho intramolecular Hbond substituents is 1. The monoisotopic (exact) mass is 333 g/mol. The van der Waals surface area contributed by atoms with Crippen molar-refractivity contribution in [3.05, 3.63) is 65.7 Å². The molecule has 0 fully saturated rings. The van der Waals surface area contributed by atoms with Crippen molar-refractivity contribution in [3.63, 3.8) is 0 Å². The van der Waals surface area contributed by atoms with Crippen LogP contribution in [0, 0.1) is 0 Å². The van der Waals surface area contributed by atoms with Crippen molar-refractivity contribution in [1.29, 1.82) is 0 Å². The molecule has 4 nitrogen and oxygen atoms in total. The smallest absolute Gasteiger partial charge is 0.263 e. The van der Waals surface area contributed by atoms with Gasteiger partial charge in [-0.15, -0.1) is 0 Å². The maximum atomic E-state index is 12.5. The molecule has 22 heavy (non-hydrogen) atoms. The summed E-state index contributed by atoms with van der Waals surface area (Å²) in [6, 6.07) is 16.2. The predicted molar refractivity (Wildman–Crippen MR) is 87.9 cm³/mol. The van der Waals surface area contributed by atoms with E-state index in [-0.39, 0.29) is 15.7 Å². The van der Waals surface area contributed by atoms with Gasteiger partial charge in [-0.3, -0.25) is 4.72 Å². The Kier molecular flexibility index (Phi) is 3.68. The lowest BCUT2D eigenvalue weighted by molar-refractivity contribution is 0.481. The second-order valence-electron chi connectivity index (χ2n) is 4.71. The summed E-state index contributed by atoms with van der Waals surface area (Å²) in [6.07, 6.45) is 0. The molecule has 0 atom stereocenters. The normalized spacial score (nSPS) is 11.5. The first kappa shape index (κ1) is 14.7. The van der Waals surface area contributed by atoms with Crippen LogP contribution in [0.2, 0.25) is 5.02 Å². The quantitative estimate of drug-likeness (QED) is 0.761. The molecule has 0 amide bonds. The van der Waals surface area contributed by atoms with Crippen molar-refractivity contribution in [2.24, 2.45) is 0 Å². The molecule has 0 aromatic heterocycles. The molecule has 3 aromatic carbocycles. The number of phenols is 1. The Morgan fingerprint density at radius 2 is 1.55 bits per heavy atom. The lowest BCUT2D eigenvalue weighted by Gasteiger charge is -2.12. The summed E-state index contributed by atoms with van der Waals surface area (Å²) in [5.41, 5.74) is 0.383. The van der Waals surface area contributed by atoms with E-state index in [1.807, 2.05) is 0 Å². The summed E-state index contributed by atoms with van der Waals surface area (Å²) < 4.78 is 27.5. The third-order valence-electron chi connectivity index (χ3n) is 3.27. The van der Waals surface area contributed by atoms with Crippen molar-refractivity contribution in [2.45, 2.75) is 4.90 Å². The Bertz CT molecular complexity index is 955. The lowest BCUT2D eigenvalue weighted by Crippen LogP contribution is -2.13. The van der Waals surface area contributed by atoms with Crippen molar-refractivity contribution >= 4 is 38.1 Å². The van der Waals surface area contributed by atoms with Gasteiger partial charge in [0.25, 0.3) is 10.0 Å². The molecule has 2 N–H and O–H groups in total. The predicted octanol–water partition coefficient (Wildman–Crippen LogP) is 4.00. The van der Waals surface area contributed by atoms with Crippen LogP contribution in [0.25, 0.3) is 10.8 Å². The van der Waals surface area contributed by atoms with Crippen LogP contribution in [0.3, 0.4) is 0 Å². The highest BCUT2D eigenvalue weighted by Crippen LogP contribution is 2.31. The van der Waals surface area contributed by atoms with Crippen LogP contribution in [0.5, 0.6) is 5.75 Å². The van der Waals surface area contributed by atoms with E-state index in [4.69, 9.17) is 11.6 Å². The fourth-order valence-electron chi connectivity index (χ4n) is 2.24. The van der Waals surface area contributed by atoms with Gasteiger partial charge in [0.05, 0.1) is 10.7 Å². The number of benzene rings is 3. The lowest BCUT2D eigenvalue weighted by atomic mass is 10.1. The number of nitrogens with one attached hydrogen (secondary N) is 1. The van der Waals surface area contributed by atoms with Gasteiger partial charge in [0.1, 0.15) is 10.6 Å². The maximum Gasteiger partial charge on any atom is 0.263 e. The van der Waals surface area contributed by atoms with E-state index in [0.717, 1.165) is 0 Å². The summed E-state index contributed by atoms with van der Waals surface area (Å²) in [5.74, 6) is 0.0938. The largest absolute Gasteiger partial charge is 0.507 e. The molecule has 0 bridgehead atoms. The van der Waals surface area contributed by atoms with Crippen molar-refractivity contribution in [1.82, 2.24) is 0 Å². The molecule has 0 aliphatic heterocycles. The first-order valence-electron chi connectivity index (χ1n) is 6.47. The topological polar surface area (TPSA) is 66.4 Å². The second-order valence-corrected chi connectivity index (χ2v) is 6.77. The van der Waals surface area contributed by atoms with E-state index < -0.39 is 10.0 Å². The van der Waals surface area contributed by atoms with Crippen molar-refractivity contribution < 1.29 is 13.5 Å². The van der Waals surface area contributed by atoms with E-state index in [1.54, 1.807) is 48.5 Å². The van der Waals surface area contributed by atoms with Gasteiger partial charge in [-0.1, -0.05) is 48.0 Å². The fraction of sp³-hybridized carbons (Fsp3) is 0. The average molecular weight is 334 g/mol. The minimum Gasteiger partial charge on any atom is -0.507 e. The van der Waals surface area contributed by atoms with Crippen LogP contribution < -0.4 is 4.72 Å². The van der Waals surface area contributed by atoms with Crippen molar-refractivity contribution in [2.75, 3.05) is 4.72 Å². The molecule has 0 aliphatic carbocycles. The van der Waals surface area contributed by atoms with E-state index in [0.29, 0.717) is 16.5 Å². The van der Waals surface area contributed by atoms with Crippen LogP contribution >= 0.6 is 11.6 Å². The minimum atomic E-state index is -3.81. The average Bonchev–Trinajstić information content (AvgIpc) is 2.48. The van der Waals surface area contributed by atoms with Gasteiger partial charge in [0.2, 0.25) is 0 Å². The number of anilines is 1. The zero-order valence-electron chi connectivity index (χ0n) is 11.3. The molecule has 6 heteroatoms. The highest BCUT2D eigenvalue weighted by Gasteiger charge is 2.18. The van der Waals surface area contributed by atoms with E-state index in [2.05, 4.69) is 4.72 Å². The van der Waals surface area contributed by atoms with Crippen LogP contribution in [0.4, 0.5) is 5.69 Å². The standard InChI is InChI=1S/C16H12ClNO3S/c17-13-7-1-2-10-16(13)22(20,21)18-14-8-3-6-12-11(14)5-4-9-15(12)19/h1-10,18-19H. The summed E-state index contributed by atoms with van der Waals surface area (Å²) in [5, 5.41) is 11.2. The summed E-state index contributed by atoms with van der Waals surface area (Å²) in [4.78, 5) is 0.00817. The van der Waals surface area contributed by atoms with Gasteiger partial charge >= 0.3 is 0 Å². The third-order valence-corrected chi connectivity index (χ3v) is 5.13. The zero-order valence-corrected chi connectivity index (χ0v) is 12.9. The fourth-order valence-corrected chi connectivity index (χ4v) is 3.85. The van der Waals surface area contributed by atoms with Gasteiger partial charge < -0.3 is 5.11 Å². The molecule has 0 saturated carbocycles. The molecule has 0 aliphatic rings. The van der Waals surface area contributed by atoms with Gasteiger partial charge in [-0.25, -0.2) is 8.42 Å². The van der Waals surface area contributed by atoms with E-state index >= 15 is 0 Å². The van der Waals surface area contributed by atoms with Gasteiger partial charge in [-0.2, -0.15) is 0 Å². The van der Waals surface area contributed by atoms with Gasteiger partial charge in [0, 0.05) is 10.8 Å². The van der Waals surface area contributed by atoms with Crippen LogP contribution in [-0.2, 0) is 10.0 Å². The van der Waals surface area contributed by atoms with Crippen LogP contribution in [0.1, 0.15) is 0 Å².